The number of carbonyl (C=O) groups is 2. The fourth-order valence-corrected chi connectivity index (χ4v) is 3.19. The molecule has 1 amide bonds. The van der Waals surface area contributed by atoms with Gasteiger partial charge in [0.05, 0.1) is 13.2 Å². The molecule has 7 nitrogen and oxygen atoms in total. The first-order valence-electron chi connectivity index (χ1n) is 8.20. The van der Waals surface area contributed by atoms with Crippen molar-refractivity contribution in [3.63, 3.8) is 0 Å². The van der Waals surface area contributed by atoms with Crippen molar-refractivity contribution >= 4 is 11.9 Å². The summed E-state index contributed by atoms with van der Waals surface area (Å²) in [6.45, 7) is 5.62. The molecule has 0 spiro atoms. The second kappa shape index (κ2) is 7.31. The number of carboxylic acid groups (broad SMARTS) is 1. The lowest BCUT2D eigenvalue weighted by Crippen LogP contribution is -2.76. The van der Waals surface area contributed by atoms with Crippen molar-refractivity contribution in [2.45, 2.75) is 38.8 Å². The van der Waals surface area contributed by atoms with E-state index in [0.29, 0.717) is 18.1 Å². The number of methoxy groups -OCH3 is 1. The van der Waals surface area contributed by atoms with Crippen LogP contribution < -0.4 is 14.8 Å². The SMILES string of the molecule is CCOC1CC(NC(=O)COc2ccccc2OC)(C(=O)O)C1(C)C. The molecule has 1 aromatic carbocycles. The van der Waals surface area contributed by atoms with Gasteiger partial charge in [0, 0.05) is 18.4 Å². The van der Waals surface area contributed by atoms with Crippen LogP contribution in [0.25, 0.3) is 0 Å². The van der Waals surface area contributed by atoms with Gasteiger partial charge in [0.25, 0.3) is 5.91 Å². The molecule has 1 saturated carbocycles. The van der Waals surface area contributed by atoms with Crippen LogP contribution in [0.15, 0.2) is 24.3 Å². The van der Waals surface area contributed by atoms with Crippen molar-refractivity contribution in [1.82, 2.24) is 5.32 Å². The lowest BCUT2D eigenvalue weighted by atomic mass is 9.54. The first-order chi connectivity index (χ1) is 11.8. The molecule has 0 bridgehead atoms. The van der Waals surface area contributed by atoms with E-state index in [-0.39, 0.29) is 19.1 Å². The number of para-hydroxylation sites is 2. The van der Waals surface area contributed by atoms with Crippen molar-refractivity contribution in [2.24, 2.45) is 5.41 Å². The average Bonchev–Trinajstić information content (AvgIpc) is 2.58. The Morgan fingerprint density at radius 2 is 1.92 bits per heavy atom. The standard InChI is InChI=1S/C18H25NO6/c1-5-24-14-10-18(16(21)22,17(14,2)3)19-15(20)11-25-13-9-7-6-8-12(13)23-4/h6-9,14H,5,10-11H2,1-4H3,(H,19,20)(H,21,22). The number of rotatable bonds is 8. The number of aliphatic carboxylic acids is 1. The predicted molar refractivity (Wildman–Crippen MR) is 90.8 cm³/mol. The molecule has 2 rings (SSSR count). The molecule has 0 radical (unpaired) electrons. The molecule has 2 unspecified atom stereocenters. The van der Waals surface area contributed by atoms with E-state index in [1.807, 2.05) is 6.92 Å². The van der Waals surface area contributed by atoms with Gasteiger partial charge in [0.15, 0.2) is 18.1 Å². The third kappa shape index (κ3) is 3.42. The zero-order valence-electron chi connectivity index (χ0n) is 15.0. The van der Waals surface area contributed by atoms with Gasteiger partial charge in [0.1, 0.15) is 5.54 Å². The van der Waals surface area contributed by atoms with Crippen LogP contribution in [0.2, 0.25) is 0 Å². The number of carboxylic acids is 1. The molecule has 0 heterocycles. The van der Waals surface area contributed by atoms with Gasteiger partial charge < -0.3 is 24.6 Å². The van der Waals surface area contributed by atoms with Crippen molar-refractivity contribution in [3.8, 4) is 11.5 Å². The summed E-state index contributed by atoms with van der Waals surface area (Å²) in [6.07, 6.45) is 0.00728. The first-order valence-corrected chi connectivity index (χ1v) is 8.20. The van der Waals surface area contributed by atoms with Crippen molar-refractivity contribution < 1.29 is 28.9 Å². The quantitative estimate of drug-likeness (QED) is 0.742. The van der Waals surface area contributed by atoms with Crippen LogP contribution in [0.5, 0.6) is 11.5 Å². The number of ether oxygens (including phenoxy) is 3. The smallest absolute Gasteiger partial charge is 0.330 e. The van der Waals surface area contributed by atoms with Gasteiger partial charge in [-0.25, -0.2) is 4.79 Å². The van der Waals surface area contributed by atoms with Gasteiger partial charge in [-0.15, -0.1) is 0 Å². The predicted octanol–water partition coefficient (Wildman–Crippen LogP) is 1.85. The zero-order valence-corrected chi connectivity index (χ0v) is 15.0. The minimum Gasteiger partial charge on any atom is -0.493 e. The number of nitrogens with one attached hydrogen (secondary N) is 1. The van der Waals surface area contributed by atoms with Crippen LogP contribution in [0.1, 0.15) is 27.2 Å². The third-order valence-corrected chi connectivity index (χ3v) is 4.91. The molecule has 25 heavy (non-hydrogen) atoms. The minimum absolute atomic E-state index is 0.218. The highest BCUT2D eigenvalue weighted by atomic mass is 16.5. The van der Waals surface area contributed by atoms with Crippen molar-refractivity contribution in [1.29, 1.82) is 0 Å². The molecule has 0 aromatic heterocycles. The summed E-state index contributed by atoms with van der Waals surface area (Å²) in [6, 6.07) is 6.94. The van der Waals surface area contributed by atoms with Crippen LogP contribution >= 0.6 is 0 Å². The molecule has 0 aliphatic heterocycles. The van der Waals surface area contributed by atoms with Gasteiger partial charge in [-0.1, -0.05) is 26.0 Å². The highest BCUT2D eigenvalue weighted by molar-refractivity contribution is 5.90. The third-order valence-electron chi connectivity index (χ3n) is 4.91. The first kappa shape index (κ1) is 19.1. The zero-order chi connectivity index (χ0) is 18.7. The molecular weight excluding hydrogens is 326 g/mol. The summed E-state index contributed by atoms with van der Waals surface area (Å²) in [5, 5.41) is 12.3. The minimum atomic E-state index is -1.37. The molecule has 7 heteroatoms. The second-order valence-electron chi connectivity index (χ2n) is 6.57. The summed E-state index contributed by atoms with van der Waals surface area (Å²) in [5.41, 5.74) is -2.09. The maximum absolute atomic E-state index is 12.3. The molecule has 0 saturated heterocycles. The lowest BCUT2D eigenvalue weighted by Gasteiger charge is -2.58. The molecule has 2 N–H and O–H groups in total. The van der Waals surface area contributed by atoms with Gasteiger partial charge >= 0.3 is 5.97 Å². The monoisotopic (exact) mass is 351 g/mol. The Hall–Kier alpha value is -2.28. The Balaban J connectivity index is 2.04. The Kier molecular flexibility index (Phi) is 5.57. The fourth-order valence-electron chi connectivity index (χ4n) is 3.19. The highest BCUT2D eigenvalue weighted by Gasteiger charge is 2.66. The van der Waals surface area contributed by atoms with E-state index in [0.717, 1.165) is 0 Å². The molecular formula is C18H25NO6. The van der Waals surface area contributed by atoms with E-state index >= 15 is 0 Å². The van der Waals surface area contributed by atoms with Crippen LogP contribution in [0.4, 0.5) is 0 Å². The molecule has 138 valence electrons. The average molecular weight is 351 g/mol. The fraction of sp³-hybridized carbons (Fsp3) is 0.556. The van der Waals surface area contributed by atoms with E-state index in [1.165, 1.54) is 7.11 Å². The van der Waals surface area contributed by atoms with Crippen LogP contribution in [0, 0.1) is 5.41 Å². The van der Waals surface area contributed by atoms with E-state index < -0.39 is 22.8 Å². The maximum Gasteiger partial charge on any atom is 0.330 e. The summed E-state index contributed by atoms with van der Waals surface area (Å²) in [5.74, 6) is -0.649. The van der Waals surface area contributed by atoms with E-state index in [4.69, 9.17) is 14.2 Å². The summed E-state index contributed by atoms with van der Waals surface area (Å²) < 4.78 is 16.2. The van der Waals surface area contributed by atoms with Gasteiger partial charge in [-0.2, -0.15) is 0 Å². The van der Waals surface area contributed by atoms with E-state index in [1.54, 1.807) is 38.1 Å². The normalized spacial score (nSPS) is 24.1. The van der Waals surface area contributed by atoms with Crippen molar-refractivity contribution in [2.75, 3.05) is 20.3 Å². The Labute approximate surface area is 147 Å². The molecule has 2 atom stereocenters. The Bertz CT molecular complexity index is 644. The number of hydrogen-bond acceptors (Lipinski definition) is 5. The van der Waals surface area contributed by atoms with Gasteiger partial charge in [-0.05, 0) is 19.1 Å². The number of amides is 1. The topological polar surface area (TPSA) is 94.1 Å². The number of carbonyl (C=O) groups excluding carboxylic acids is 1. The van der Waals surface area contributed by atoms with Crippen LogP contribution in [0.3, 0.4) is 0 Å². The Morgan fingerprint density at radius 1 is 1.28 bits per heavy atom. The summed E-state index contributed by atoms with van der Waals surface area (Å²) >= 11 is 0. The second-order valence-corrected chi connectivity index (χ2v) is 6.57. The van der Waals surface area contributed by atoms with Crippen LogP contribution in [-0.2, 0) is 14.3 Å². The summed E-state index contributed by atoms with van der Waals surface area (Å²) in [4.78, 5) is 24.1. The highest BCUT2D eigenvalue weighted by Crippen LogP contribution is 2.51. The number of benzene rings is 1. The molecule has 1 fully saturated rings. The Morgan fingerprint density at radius 3 is 2.44 bits per heavy atom. The molecule has 1 aliphatic carbocycles. The van der Waals surface area contributed by atoms with Crippen LogP contribution in [-0.4, -0.2) is 48.9 Å². The lowest BCUT2D eigenvalue weighted by molar-refractivity contribution is -0.194. The molecule has 1 aromatic rings. The van der Waals surface area contributed by atoms with E-state index in [9.17, 15) is 14.7 Å². The summed E-state index contributed by atoms with van der Waals surface area (Å²) in [7, 11) is 1.51. The largest absolute Gasteiger partial charge is 0.493 e. The molecule has 1 aliphatic rings. The maximum atomic E-state index is 12.3. The van der Waals surface area contributed by atoms with Gasteiger partial charge in [0.2, 0.25) is 0 Å². The van der Waals surface area contributed by atoms with E-state index in [2.05, 4.69) is 5.32 Å². The van der Waals surface area contributed by atoms with Gasteiger partial charge in [-0.3, -0.25) is 4.79 Å². The number of hydrogen-bond donors (Lipinski definition) is 2. The van der Waals surface area contributed by atoms with Crippen molar-refractivity contribution in [3.05, 3.63) is 24.3 Å².